The molecule has 1 unspecified atom stereocenters. The van der Waals surface area contributed by atoms with Crippen LogP contribution >= 0.6 is 0 Å². The van der Waals surface area contributed by atoms with E-state index in [4.69, 9.17) is 4.74 Å². The van der Waals surface area contributed by atoms with Gasteiger partial charge in [0.2, 0.25) is 0 Å². The Bertz CT molecular complexity index is 475. The van der Waals surface area contributed by atoms with Crippen LogP contribution in [0.3, 0.4) is 0 Å². The molecule has 0 aliphatic rings. The first kappa shape index (κ1) is 15.5. The third-order valence-electron chi connectivity index (χ3n) is 3.12. The lowest BCUT2D eigenvalue weighted by Crippen LogP contribution is -2.26. The number of carboxylic acid groups (broad SMARTS) is 1. The van der Waals surface area contributed by atoms with Crippen LogP contribution in [0.15, 0.2) is 12.1 Å². The zero-order chi connectivity index (χ0) is 14.8. The number of rotatable bonds is 4. The minimum atomic E-state index is -0.911. The molecule has 0 saturated heterocycles. The average Bonchev–Trinajstić information content (AvgIpc) is 2.27. The van der Waals surface area contributed by atoms with E-state index in [1.54, 1.807) is 14.2 Å². The summed E-state index contributed by atoms with van der Waals surface area (Å²) < 4.78 is 5.49. The van der Waals surface area contributed by atoms with Gasteiger partial charge < -0.3 is 15.2 Å². The predicted molar refractivity (Wildman–Crippen MR) is 75.9 cm³/mol. The Balaban J connectivity index is 3.56. The van der Waals surface area contributed by atoms with Gasteiger partial charge in [0, 0.05) is 11.1 Å². The number of ether oxygens (including phenoxy) is 1. The van der Waals surface area contributed by atoms with Crippen LogP contribution < -0.4 is 10.1 Å². The molecule has 0 bridgehead atoms. The summed E-state index contributed by atoms with van der Waals surface area (Å²) in [4.78, 5) is 11.4. The van der Waals surface area contributed by atoms with E-state index in [0.29, 0.717) is 11.3 Å². The van der Waals surface area contributed by atoms with E-state index in [1.807, 2.05) is 13.0 Å². The zero-order valence-corrected chi connectivity index (χ0v) is 12.5. The van der Waals surface area contributed by atoms with Gasteiger partial charge in [0.1, 0.15) is 11.8 Å². The summed E-state index contributed by atoms with van der Waals surface area (Å²) in [7, 11) is 3.22. The van der Waals surface area contributed by atoms with Crippen molar-refractivity contribution in [1.29, 1.82) is 0 Å². The second-order valence-electron chi connectivity index (χ2n) is 5.74. The summed E-state index contributed by atoms with van der Waals surface area (Å²) in [6.45, 7) is 8.22. The lowest BCUT2D eigenvalue weighted by Gasteiger charge is -2.26. The van der Waals surface area contributed by atoms with Crippen molar-refractivity contribution in [2.75, 3.05) is 14.2 Å². The SMILES string of the molecule is CNC(C(=O)O)c1cc(C)cc(C(C)(C)C)c1OC. The number of hydrogen-bond donors (Lipinski definition) is 2. The highest BCUT2D eigenvalue weighted by atomic mass is 16.5. The van der Waals surface area contributed by atoms with Gasteiger partial charge in [0.15, 0.2) is 0 Å². The normalized spacial score (nSPS) is 13.2. The Morgan fingerprint density at radius 3 is 2.32 bits per heavy atom. The quantitative estimate of drug-likeness (QED) is 0.878. The van der Waals surface area contributed by atoms with Crippen LogP contribution in [0, 0.1) is 6.92 Å². The molecule has 1 aromatic rings. The van der Waals surface area contributed by atoms with E-state index in [-0.39, 0.29) is 5.41 Å². The van der Waals surface area contributed by atoms with E-state index >= 15 is 0 Å². The van der Waals surface area contributed by atoms with Crippen molar-refractivity contribution in [1.82, 2.24) is 5.32 Å². The number of methoxy groups -OCH3 is 1. The summed E-state index contributed by atoms with van der Waals surface area (Å²) in [6, 6.07) is 3.15. The smallest absolute Gasteiger partial charge is 0.325 e. The number of likely N-dealkylation sites (N-methyl/N-ethyl adjacent to an activating group) is 1. The molecule has 106 valence electrons. The van der Waals surface area contributed by atoms with Crippen molar-refractivity contribution in [2.24, 2.45) is 0 Å². The van der Waals surface area contributed by atoms with Gasteiger partial charge in [-0.15, -0.1) is 0 Å². The second kappa shape index (κ2) is 5.61. The lowest BCUT2D eigenvalue weighted by atomic mass is 9.83. The highest BCUT2D eigenvalue weighted by Crippen LogP contribution is 2.37. The molecule has 0 fully saturated rings. The maximum absolute atomic E-state index is 11.4. The Morgan fingerprint density at radius 1 is 1.37 bits per heavy atom. The molecule has 4 nitrogen and oxygen atoms in total. The van der Waals surface area contributed by atoms with Crippen molar-refractivity contribution >= 4 is 5.97 Å². The standard InChI is InChI=1S/C15H23NO3/c1-9-7-10(12(16-5)14(17)18)13(19-6)11(8-9)15(2,3)4/h7-8,12,16H,1-6H3,(H,17,18). The molecule has 19 heavy (non-hydrogen) atoms. The summed E-state index contributed by atoms with van der Waals surface area (Å²) in [5.41, 5.74) is 2.61. The van der Waals surface area contributed by atoms with E-state index in [9.17, 15) is 9.90 Å². The van der Waals surface area contributed by atoms with Crippen molar-refractivity contribution in [3.05, 3.63) is 28.8 Å². The maximum atomic E-state index is 11.4. The van der Waals surface area contributed by atoms with Gasteiger partial charge in [-0.1, -0.05) is 38.5 Å². The third kappa shape index (κ3) is 3.26. The van der Waals surface area contributed by atoms with Crippen LogP contribution in [-0.4, -0.2) is 25.2 Å². The van der Waals surface area contributed by atoms with E-state index < -0.39 is 12.0 Å². The van der Waals surface area contributed by atoms with Gasteiger partial charge in [-0.2, -0.15) is 0 Å². The summed E-state index contributed by atoms with van der Waals surface area (Å²) >= 11 is 0. The van der Waals surface area contributed by atoms with Crippen LogP contribution in [0.5, 0.6) is 5.75 Å². The highest BCUT2D eigenvalue weighted by Gasteiger charge is 2.27. The largest absolute Gasteiger partial charge is 0.496 e. The van der Waals surface area contributed by atoms with Crippen molar-refractivity contribution in [3.8, 4) is 5.75 Å². The minimum absolute atomic E-state index is 0.108. The number of nitrogens with one attached hydrogen (secondary N) is 1. The lowest BCUT2D eigenvalue weighted by molar-refractivity contribution is -0.139. The summed E-state index contributed by atoms with van der Waals surface area (Å²) in [5.74, 6) is -0.258. The number of aryl methyl sites for hydroxylation is 1. The maximum Gasteiger partial charge on any atom is 0.325 e. The first-order valence-corrected chi connectivity index (χ1v) is 6.31. The van der Waals surface area contributed by atoms with Gasteiger partial charge in [-0.3, -0.25) is 4.79 Å². The molecule has 0 amide bonds. The molecule has 0 aliphatic carbocycles. The first-order valence-electron chi connectivity index (χ1n) is 6.31. The van der Waals surface area contributed by atoms with Gasteiger partial charge in [-0.25, -0.2) is 0 Å². The monoisotopic (exact) mass is 265 g/mol. The molecule has 1 aromatic carbocycles. The molecular formula is C15H23NO3. The van der Waals surface area contributed by atoms with Crippen LogP contribution in [0.2, 0.25) is 0 Å². The molecule has 4 heteroatoms. The van der Waals surface area contributed by atoms with Crippen molar-refractivity contribution in [3.63, 3.8) is 0 Å². The number of aliphatic carboxylic acids is 1. The number of hydrogen-bond acceptors (Lipinski definition) is 3. The highest BCUT2D eigenvalue weighted by molar-refractivity contribution is 5.77. The Labute approximate surface area is 114 Å². The molecule has 0 saturated carbocycles. The Hall–Kier alpha value is -1.55. The fraction of sp³-hybridized carbons (Fsp3) is 0.533. The van der Waals surface area contributed by atoms with Gasteiger partial charge >= 0.3 is 5.97 Å². The molecule has 1 atom stereocenters. The number of carbonyl (C=O) groups is 1. The number of carboxylic acids is 1. The zero-order valence-electron chi connectivity index (χ0n) is 12.5. The molecule has 0 heterocycles. The summed E-state index contributed by atoms with van der Waals surface area (Å²) in [6.07, 6.45) is 0. The number of benzene rings is 1. The summed E-state index contributed by atoms with van der Waals surface area (Å²) in [5, 5.41) is 12.1. The molecule has 0 aromatic heterocycles. The van der Waals surface area contributed by atoms with E-state index in [2.05, 4.69) is 32.2 Å². The average molecular weight is 265 g/mol. The van der Waals surface area contributed by atoms with Gasteiger partial charge in [0.05, 0.1) is 7.11 Å². The molecule has 0 spiro atoms. The van der Waals surface area contributed by atoms with Crippen LogP contribution in [0.4, 0.5) is 0 Å². The Morgan fingerprint density at radius 2 is 1.95 bits per heavy atom. The van der Waals surface area contributed by atoms with Crippen molar-refractivity contribution in [2.45, 2.75) is 39.2 Å². The van der Waals surface area contributed by atoms with Crippen LogP contribution in [0.1, 0.15) is 43.5 Å². The van der Waals surface area contributed by atoms with Crippen molar-refractivity contribution < 1.29 is 14.6 Å². The van der Waals surface area contributed by atoms with E-state index in [0.717, 1.165) is 11.1 Å². The Kier molecular flexibility index (Phi) is 4.58. The van der Waals surface area contributed by atoms with Crippen LogP contribution in [0.25, 0.3) is 0 Å². The van der Waals surface area contributed by atoms with Crippen LogP contribution in [-0.2, 0) is 10.2 Å². The predicted octanol–water partition coefficient (Wildman–Crippen LogP) is 2.65. The van der Waals surface area contributed by atoms with Gasteiger partial charge in [-0.05, 0) is 19.4 Å². The molecule has 0 aliphatic heterocycles. The molecule has 0 radical (unpaired) electrons. The molecule has 1 rings (SSSR count). The fourth-order valence-corrected chi connectivity index (χ4v) is 2.21. The first-order chi connectivity index (χ1) is 8.72. The van der Waals surface area contributed by atoms with E-state index in [1.165, 1.54) is 0 Å². The topological polar surface area (TPSA) is 58.6 Å². The molecule has 2 N–H and O–H groups in total. The minimum Gasteiger partial charge on any atom is -0.496 e. The third-order valence-corrected chi connectivity index (χ3v) is 3.12. The second-order valence-corrected chi connectivity index (χ2v) is 5.74. The van der Waals surface area contributed by atoms with Gasteiger partial charge in [0.25, 0.3) is 0 Å². The molecular weight excluding hydrogens is 242 g/mol. The fourth-order valence-electron chi connectivity index (χ4n) is 2.21.